The van der Waals surface area contributed by atoms with Crippen molar-refractivity contribution in [3.63, 3.8) is 0 Å². The summed E-state index contributed by atoms with van der Waals surface area (Å²) in [6, 6.07) is 0. The van der Waals surface area contributed by atoms with E-state index in [0.717, 1.165) is 38.5 Å². The van der Waals surface area contributed by atoms with E-state index in [4.69, 9.17) is 13.8 Å². The molecule has 0 aromatic heterocycles. The van der Waals surface area contributed by atoms with Gasteiger partial charge in [0.2, 0.25) is 5.91 Å². The van der Waals surface area contributed by atoms with Gasteiger partial charge in [-0.2, -0.15) is 0 Å². The second-order valence-electron chi connectivity index (χ2n) is 17.1. The van der Waals surface area contributed by atoms with Crippen LogP contribution in [0.1, 0.15) is 258 Å². The second-order valence-corrected chi connectivity index (χ2v) is 18.6. The van der Waals surface area contributed by atoms with Gasteiger partial charge in [0, 0.05) is 19.4 Å². The van der Waals surface area contributed by atoms with Gasteiger partial charge in [0.1, 0.15) is 12.7 Å². The third-order valence-corrected chi connectivity index (χ3v) is 12.2. The van der Waals surface area contributed by atoms with Crippen LogP contribution in [-0.2, 0) is 27.9 Å². The molecule has 0 radical (unpaired) electrons. The molecule has 1 amide bonds. The van der Waals surface area contributed by atoms with Gasteiger partial charge >= 0.3 is 13.8 Å². The highest BCUT2D eigenvalue weighted by atomic mass is 31.2. The number of unbranched alkanes of at least 4 members (excludes halogenated alkanes) is 33. The van der Waals surface area contributed by atoms with Crippen LogP contribution in [0.15, 0.2) is 12.2 Å². The van der Waals surface area contributed by atoms with Gasteiger partial charge in [-0.05, 0) is 38.5 Å². The Morgan fingerprint density at radius 3 is 1.27 bits per heavy atom. The quantitative estimate of drug-likeness (QED) is 0.0239. The summed E-state index contributed by atoms with van der Waals surface area (Å²) >= 11 is 0. The Bertz CT molecular complexity index is 980. The normalized spacial score (nSPS) is 13.2. The minimum Gasteiger partial charge on any atom is -0.463 e. The number of ether oxygens (including phenoxy) is 1. The number of hydrogen-bond acceptors (Lipinski definition) is 7. The number of rotatable bonds is 48. The lowest BCUT2D eigenvalue weighted by atomic mass is 10.0. The van der Waals surface area contributed by atoms with Crippen LogP contribution in [0.4, 0.5) is 0 Å². The predicted octanol–water partition coefficient (Wildman–Crippen LogP) is 14.6. The van der Waals surface area contributed by atoms with Crippen molar-refractivity contribution in [2.45, 2.75) is 264 Å². The van der Waals surface area contributed by atoms with E-state index in [9.17, 15) is 24.2 Å². The lowest BCUT2D eigenvalue weighted by Gasteiger charge is -2.15. The molecule has 0 fully saturated rings. The molecule has 0 aliphatic carbocycles. The number of allylic oxidation sites excluding steroid dienone is 2. The van der Waals surface area contributed by atoms with Crippen LogP contribution in [0, 0.1) is 0 Å². The van der Waals surface area contributed by atoms with E-state index in [2.05, 4.69) is 31.3 Å². The maximum atomic E-state index is 12.1. The van der Waals surface area contributed by atoms with Gasteiger partial charge in [-0.25, -0.2) is 4.57 Å². The zero-order valence-corrected chi connectivity index (χ0v) is 39.6. The summed E-state index contributed by atoms with van der Waals surface area (Å²) in [7, 11) is -4.42. The Kier molecular flexibility index (Phi) is 45.3. The minimum absolute atomic E-state index is 0.0865. The average molecular weight is 858 g/mol. The fraction of sp³-hybridized carbons (Fsp3) is 0.918. The van der Waals surface area contributed by atoms with E-state index < -0.39 is 26.5 Å². The Hall–Kier alpha value is -1.25. The van der Waals surface area contributed by atoms with Gasteiger partial charge in [-0.1, -0.05) is 219 Å². The molecular formula is C49H96NO8P. The summed E-state index contributed by atoms with van der Waals surface area (Å²) in [5, 5.41) is 12.7. The standard InChI is InChI=1S/C49H96NO8P/c1-3-5-7-9-11-13-15-17-19-21-22-23-24-26-27-29-31-33-35-37-39-41-48(52)50-43-44-57-59(54,55)58-46-47(51)45-56-49(53)42-40-38-36-34-32-30-28-25-20-18-16-14-12-10-8-6-4-2/h18,20,47,51H,3-17,19,21-46H2,1-2H3,(H,50,52)(H,54,55)/b20-18-. The molecule has 0 bridgehead atoms. The number of esters is 1. The van der Waals surface area contributed by atoms with Crippen LogP contribution in [0.2, 0.25) is 0 Å². The van der Waals surface area contributed by atoms with Crippen LogP contribution < -0.4 is 5.32 Å². The maximum absolute atomic E-state index is 12.1. The number of aliphatic hydroxyl groups excluding tert-OH is 1. The fourth-order valence-electron chi connectivity index (χ4n) is 7.38. The predicted molar refractivity (Wildman–Crippen MR) is 248 cm³/mol. The summed E-state index contributed by atoms with van der Waals surface area (Å²) in [6.07, 6.45) is 50.1. The molecule has 2 unspecified atom stereocenters. The molecular weight excluding hydrogens is 762 g/mol. The first-order chi connectivity index (χ1) is 28.8. The highest BCUT2D eigenvalue weighted by Crippen LogP contribution is 2.42. The zero-order valence-electron chi connectivity index (χ0n) is 38.7. The van der Waals surface area contributed by atoms with E-state index in [1.807, 2.05) is 0 Å². The van der Waals surface area contributed by atoms with Crippen LogP contribution in [-0.4, -0.2) is 54.3 Å². The van der Waals surface area contributed by atoms with Crippen molar-refractivity contribution in [3.05, 3.63) is 12.2 Å². The molecule has 0 heterocycles. The van der Waals surface area contributed by atoms with Crippen LogP contribution in [0.5, 0.6) is 0 Å². The first-order valence-corrected chi connectivity index (χ1v) is 26.7. The van der Waals surface area contributed by atoms with Crippen molar-refractivity contribution in [2.75, 3.05) is 26.4 Å². The number of amides is 1. The summed E-state index contributed by atoms with van der Waals surface area (Å²) in [5.74, 6) is -0.508. The molecule has 2 atom stereocenters. The van der Waals surface area contributed by atoms with Crippen LogP contribution in [0.25, 0.3) is 0 Å². The molecule has 350 valence electrons. The van der Waals surface area contributed by atoms with Gasteiger partial charge in [0.25, 0.3) is 0 Å². The van der Waals surface area contributed by atoms with Crippen molar-refractivity contribution in [2.24, 2.45) is 0 Å². The lowest BCUT2D eigenvalue weighted by molar-refractivity contribution is -0.147. The average Bonchev–Trinajstić information content (AvgIpc) is 3.22. The van der Waals surface area contributed by atoms with Gasteiger partial charge in [0.05, 0.1) is 13.2 Å². The van der Waals surface area contributed by atoms with Crippen LogP contribution >= 0.6 is 7.82 Å². The van der Waals surface area contributed by atoms with Gasteiger partial charge in [-0.15, -0.1) is 0 Å². The van der Waals surface area contributed by atoms with Gasteiger partial charge in [-0.3, -0.25) is 18.6 Å². The fourth-order valence-corrected chi connectivity index (χ4v) is 8.13. The zero-order chi connectivity index (χ0) is 43.2. The number of phosphoric ester groups is 1. The Morgan fingerprint density at radius 1 is 0.508 bits per heavy atom. The van der Waals surface area contributed by atoms with E-state index in [-0.39, 0.29) is 32.1 Å². The van der Waals surface area contributed by atoms with E-state index >= 15 is 0 Å². The van der Waals surface area contributed by atoms with E-state index in [0.29, 0.717) is 6.42 Å². The minimum atomic E-state index is -4.42. The van der Waals surface area contributed by atoms with Crippen molar-refractivity contribution >= 4 is 19.7 Å². The molecule has 0 aromatic carbocycles. The molecule has 3 N–H and O–H groups in total. The molecule has 9 nitrogen and oxygen atoms in total. The third kappa shape index (κ3) is 47.6. The van der Waals surface area contributed by atoms with Crippen molar-refractivity contribution in [1.29, 1.82) is 0 Å². The molecule has 0 aromatic rings. The number of nitrogens with one attached hydrogen (secondary N) is 1. The first-order valence-electron chi connectivity index (χ1n) is 25.2. The number of carbonyl (C=O) groups is 2. The SMILES string of the molecule is CCCCCCCC/C=C\CCCCCCCCCC(=O)OCC(O)COP(=O)(O)OCCNC(=O)CCCCCCCCCCCCCCCCCCCCCCC. The number of carbonyl (C=O) groups excluding carboxylic acids is 2. The molecule has 59 heavy (non-hydrogen) atoms. The molecule has 0 saturated heterocycles. The summed E-state index contributed by atoms with van der Waals surface area (Å²) < 4.78 is 27.0. The molecule has 0 aliphatic rings. The van der Waals surface area contributed by atoms with E-state index in [1.54, 1.807) is 0 Å². The lowest BCUT2D eigenvalue weighted by Crippen LogP contribution is -2.27. The van der Waals surface area contributed by atoms with Crippen molar-refractivity contribution in [3.8, 4) is 0 Å². The van der Waals surface area contributed by atoms with Crippen molar-refractivity contribution in [1.82, 2.24) is 5.32 Å². The largest absolute Gasteiger partial charge is 0.472 e. The summed E-state index contributed by atoms with van der Waals surface area (Å²) in [4.78, 5) is 34.0. The van der Waals surface area contributed by atoms with Gasteiger partial charge in [0.15, 0.2) is 0 Å². The maximum Gasteiger partial charge on any atom is 0.472 e. The number of hydrogen-bond donors (Lipinski definition) is 3. The highest BCUT2D eigenvalue weighted by Gasteiger charge is 2.23. The Morgan fingerprint density at radius 2 is 0.864 bits per heavy atom. The highest BCUT2D eigenvalue weighted by molar-refractivity contribution is 7.47. The molecule has 10 heteroatoms. The summed E-state index contributed by atoms with van der Waals surface area (Å²) in [6.45, 7) is 3.60. The monoisotopic (exact) mass is 858 g/mol. The Balaban J connectivity index is 3.52. The molecule has 0 spiro atoms. The Labute approximate surface area is 364 Å². The number of phosphoric acid groups is 1. The van der Waals surface area contributed by atoms with Crippen molar-refractivity contribution < 1.29 is 37.9 Å². The third-order valence-electron chi connectivity index (χ3n) is 11.2. The molecule has 0 rings (SSSR count). The topological polar surface area (TPSA) is 131 Å². The smallest absolute Gasteiger partial charge is 0.463 e. The van der Waals surface area contributed by atoms with Gasteiger partial charge < -0.3 is 20.1 Å². The molecule has 0 saturated carbocycles. The number of aliphatic hydroxyl groups is 1. The molecule has 0 aliphatic heterocycles. The van der Waals surface area contributed by atoms with Crippen LogP contribution in [0.3, 0.4) is 0 Å². The summed E-state index contributed by atoms with van der Waals surface area (Å²) in [5.41, 5.74) is 0. The first kappa shape index (κ1) is 57.8. The second kappa shape index (κ2) is 46.3. The van der Waals surface area contributed by atoms with E-state index in [1.165, 1.54) is 193 Å².